The molecule has 0 bridgehead atoms. The maximum Gasteiger partial charge on any atom is 0.243 e. The number of rotatable bonds is 10. The summed E-state index contributed by atoms with van der Waals surface area (Å²) in [6, 6.07) is 16.6. The highest BCUT2D eigenvalue weighted by atomic mass is 35.5. The van der Waals surface area contributed by atoms with Crippen molar-refractivity contribution in [3.05, 3.63) is 76.3 Å². The van der Waals surface area contributed by atoms with Gasteiger partial charge in [0.25, 0.3) is 0 Å². The van der Waals surface area contributed by atoms with Crippen LogP contribution in [0.5, 0.6) is 0 Å². The molecule has 3 aromatic carbocycles. The van der Waals surface area contributed by atoms with Gasteiger partial charge in [-0.2, -0.15) is 4.31 Å². The molecule has 0 spiro atoms. The highest BCUT2D eigenvalue weighted by molar-refractivity contribution is 7.89. The lowest BCUT2D eigenvalue weighted by atomic mass is 9.95. The van der Waals surface area contributed by atoms with Crippen LogP contribution in [0.15, 0.2) is 65.6 Å². The van der Waals surface area contributed by atoms with Gasteiger partial charge < -0.3 is 10.2 Å². The number of hydrogen-bond acceptors (Lipinski definition) is 4. The second-order valence-corrected chi connectivity index (χ2v) is 13.2. The molecule has 1 aliphatic rings. The van der Waals surface area contributed by atoms with E-state index >= 15 is 0 Å². The molecule has 1 N–H and O–H groups in total. The summed E-state index contributed by atoms with van der Waals surface area (Å²) in [4.78, 5) is 28.8. The van der Waals surface area contributed by atoms with Gasteiger partial charge in [-0.3, -0.25) is 9.59 Å². The van der Waals surface area contributed by atoms with Crippen LogP contribution in [0.2, 0.25) is 10.0 Å². The Balaban J connectivity index is 1.59. The zero-order valence-corrected chi connectivity index (χ0v) is 25.1. The van der Waals surface area contributed by atoms with Crippen molar-refractivity contribution in [3.8, 4) is 0 Å². The molecule has 214 valence electrons. The van der Waals surface area contributed by atoms with Crippen LogP contribution in [0.25, 0.3) is 10.8 Å². The van der Waals surface area contributed by atoms with Crippen LogP contribution in [0.4, 0.5) is 0 Å². The topological polar surface area (TPSA) is 86.8 Å². The van der Waals surface area contributed by atoms with Crippen LogP contribution >= 0.6 is 23.2 Å². The number of sulfonamides is 1. The Labute approximate surface area is 246 Å². The quantitative estimate of drug-likeness (QED) is 0.307. The Morgan fingerprint density at radius 2 is 1.68 bits per heavy atom. The smallest absolute Gasteiger partial charge is 0.243 e. The number of amides is 2. The van der Waals surface area contributed by atoms with E-state index in [1.807, 2.05) is 31.2 Å². The van der Waals surface area contributed by atoms with Crippen LogP contribution < -0.4 is 5.32 Å². The fraction of sp³-hybridized carbons (Fsp3) is 0.400. The number of carbonyl (C=O) groups is 2. The Morgan fingerprint density at radius 3 is 2.35 bits per heavy atom. The van der Waals surface area contributed by atoms with Crippen molar-refractivity contribution in [2.45, 2.75) is 69.0 Å². The summed E-state index contributed by atoms with van der Waals surface area (Å²) in [5.74, 6) is -0.739. The van der Waals surface area contributed by atoms with Gasteiger partial charge in [0, 0.05) is 29.7 Å². The zero-order chi connectivity index (χ0) is 28.9. The monoisotopic (exact) mass is 603 g/mol. The molecular formula is C30H35Cl2N3O4S. The second-order valence-electron chi connectivity index (χ2n) is 10.3. The Kier molecular flexibility index (Phi) is 10.1. The minimum Gasteiger partial charge on any atom is -0.352 e. The lowest BCUT2D eigenvalue weighted by Gasteiger charge is -2.33. The summed E-state index contributed by atoms with van der Waals surface area (Å²) >= 11 is 12.5. The first kappa shape index (κ1) is 30.3. The van der Waals surface area contributed by atoms with Gasteiger partial charge in [-0.15, -0.1) is 0 Å². The van der Waals surface area contributed by atoms with Crippen LogP contribution in [0.3, 0.4) is 0 Å². The zero-order valence-electron chi connectivity index (χ0n) is 22.8. The standard InChI is InChI=1S/C30H35Cl2N3O4S/c1-3-28(30(37)33-25-11-5-4-6-12-25)35(19-23-13-15-24(31)18-27(23)32)29(36)20-34(2)40(38,39)26-16-14-21-9-7-8-10-22(21)17-26/h7-10,13-18,25,28H,3-6,11-12,19-20H2,1-2H3,(H,33,37)/t28-/m0/s1. The minimum absolute atomic E-state index is 0.0370. The van der Waals surface area contributed by atoms with Crippen molar-refractivity contribution in [2.75, 3.05) is 13.6 Å². The number of nitrogens with zero attached hydrogens (tertiary/aromatic N) is 2. The highest BCUT2D eigenvalue weighted by Gasteiger charge is 2.33. The first-order valence-corrected chi connectivity index (χ1v) is 15.8. The second kappa shape index (κ2) is 13.3. The van der Waals surface area contributed by atoms with E-state index in [0.29, 0.717) is 22.0 Å². The molecule has 0 unspecified atom stereocenters. The molecule has 0 aromatic heterocycles. The van der Waals surface area contributed by atoms with Gasteiger partial charge in [0.15, 0.2) is 0 Å². The molecule has 1 fully saturated rings. The van der Waals surface area contributed by atoms with Gasteiger partial charge in [-0.25, -0.2) is 8.42 Å². The number of benzene rings is 3. The Hall–Kier alpha value is -2.65. The molecule has 0 saturated heterocycles. The van der Waals surface area contributed by atoms with E-state index in [0.717, 1.165) is 47.2 Å². The van der Waals surface area contributed by atoms with Crippen molar-refractivity contribution in [3.63, 3.8) is 0 Å². The number of fused-ring (bicyclic) bond motifs is 1. The first-order chi connectivity index (χ1) is 19.1. The lowest BCUT2D eigenvalue weighted by Crippen LogP contribution is -2.53. The number of hydrogen-bond donors (Lipinski definition) is 1. The number of likely N-dealkylation sites (N-methyl/N-ethyl adjacent to an activating group) is 1. The Morgan fingerprint density at radius 1 is 0.975 bits per heavy atom. The normalized spacial score (nSPS) is 15.2. The van der Waals surface area contributed by atoms with Crippen molar-refractivity contribution in [1.82, 2.24) is 14.5 Å². The Bertz CT molecular complexity index is 1470. The third kappa shape index (κ3) is 7.16. The van der Waals surface area contributed by atoms with Gasteiger partial charge in [0.05, 0.1) is 11.4 Å². The van der Waals surface area contributed by atoms with E-state index in [-0.39, 0.29) is 23.4 Å². The molecule has 1 saturated carbocycles. The van der Waals surface area contributed by atoms with Crippen molar-refractivity contribution in [1.29, 1.82) is 0 Å². The fourth-order valence-electron chi connectivity index (χ4n) is 5.17. The average molecular weight is 605 g/mol. The van der Waals surface area contributed by atoms with Crippen molar-refractivity contribution in [2.24, 2.45) is 0 Å². The first-order valence-electron chi connectivity index (χ1n) is 13.6. The van der Waals surface area contributed by atoms with Gasteiger partial charge >= 0.3 is 0 Å². The SMILES string of the molecule is CC[C@@H](C(=O)NC1CCCCC1)N(Cc1ccc(Cl)cc1Cl)C(=O)CN(C)S(=O)(=O)c1ccc2ccccc2c1. The van der Waals surface area contributed by atoms with Gasteiger partial charge in [-0.05, 0) is 59.9 Å². The minimum atomic E-state index is -3.98. The van der Waals surface area contributed by atoms with Gasteiger partial charge in [0.1, 0.15) is 6.04 Å². The molecule has 2 amide bonds. The highest BCUT2D eigenvalue weighted by Crippen LogP contribution is 2.26. The predicted octanol–water partition coefficient (Wildman–Crippen LogP) is 6.02. The summed E-state index contributed by atoms with van der Waals surface area (Å²) in [6.45, 7) is 1.44. The molecule has 1 aliphatic carbocycles. The van der Waals surface area contributed by atoms with E-state index in [9.17, 15) is 18.0 Å². The number of nitrogens with one attached hydrogen (secondary N) is 1. The molecule has 0 radical (unpaired) electrons. The largest absolute Gasteiger partial charge is 0.352 e. The van der Waals surface area contributed by atoms with E-state index < -0.39 is 28.5 Å². The summed E-state index contributed by atoms with van der Waals surface area (Å²) in [7, 11) is -2.61. The average Bonchev–Trinajstić information content (AvgIpc) is 2.94. The third-order valence-corrected chi connectivity index (χ3v) is 9.87. The van der Waals surface area contributed by atoms with Crippen LogP contribution in [0, 0.1) is 0 Å². The number of carbonyl (C=O) groups excluding carboxylic acids is 2. The van der Waals surface area contributed by atoms with E-state index in [1.54, 1.807) is 30.3 Å². The number of halogens is 2. The van der Waals surface area contributed by atoms with E-state index in [2.05, 4.69) is 5.32 Å². The van der Waals surface area contributed by atoms with Crippen LogP contribution in [-0.2, 0) is 26.2 Å². The van der Waals surface area contributed by atoms with Gasteiger partial charge in [-0.1, -0.05) is 85.8 Å². The summed E-state index contributed by atoms with van der Waals surface area (Å²) in [5, 5.41) is 5.64. The lowest BCUT2D eigenvalue weighted by molar-refractivity contribution is -0.141. The molecule has 3 aromatic rings. The summed E-state index contributed by atoms with van der Waals surface area (Å²) < 4.78 is 27.9. The third-order valence-electron chi connectivity index (χ3n) is 7.48. The molecule has 7 nitrogen and oxygen atoms in total. The maximum absolute atomic E-state index is 13.8. The summed E-state index contributed by atoms with van der Waals surface area (Å²) in [5.41, 5.74) is 0.614. The molecule has 4 rings (SSSR count). The maximum atomic E-state index is 13.8. The van der Waals surface area contributed by atoms with Gasteiger partial charge in [0.2, 0.25) is 21.8 Å². The predicted molar refractivity (Wildman–Crippen MR) is 160 cm³/mol. The molecule has 40 heavy (non-hydrogen) atoms. The van der Waals surface area contributed by atoms with E-state index in [1.165, 1.54) is 18.0 Å². The van der Waals surface area contributed by atoms with Crippen molar-refractivity contribution >= 4 is 55.8 Å². The molecule has 1 atom stereocenters. The van der Waals surface area contributed by atoms with E-state index in [4.69, 9.17) is 23.2 Å². The fourth-order valence-corrected chi connectivity index (χ4v) is 6.80. The van der Waals surface area contributed by atoms with Crippen molar-refractivity contribution < 1.29 is 18.0 Å². The summed E-state index contributed by atoms with van der Waals surface area (Å²) in [6.07, 6.45) is 5.44. The van der Waals surface area contributed by atoms with Crippen LogP contribution in [-0.4, -0.2) is 55.1 Å². The van der Waals surface area contributed by atoms with Crippen LogP contribution in [0.1, 0.15) is 51.0 Å². The molecule has 10 heteroatoms. The molecule has 0 aliphatic heterocycles. The molecular weight excluding hydrogens is 569 g/mol. The molecule has 0 heterocycles.